The van der Waals surface area contributed by atoms with Gasteiger partial charge in [0.05, 0.1) is 17.8 Å². The molecule has 1 aliphatic rings. The molecule has 0 saturated carbocycles. The summed E-state index contributed by atoms with van der Waals surface area (Å²) in [6.45, 7) is 6.02. The molecule has 1 amide bonds. The van der Waals surface area contributed by atoms with Crippen LogP contribution in [0.1, 0.15) is 58.1 Å². The number of ketones is 1. The summed E-state index contributed by atoms with van der Waals surface area (Å²) in [4.78, 5) is 37.7. The Bertz CT molecular complexity index is 1250. The number of Topliss-reactive ketones (excluding diaryl/α,β-unsaturated/α-hetero) is 1. The van der Waals surface area contributed by atoms with Gasteiger partial charge >= 0.3 is 0 Å². The van der Waals surface area contributed by atoms with Crippen LogP contribution in [0.2, 0.25) is 5.02 Å². The first kappa shape index (κ1) is 21.1. The van der Waals surface area contributed by atoms with E-state index in [1.165, 1.54) is 16.7 Å². The fraction of sp³-hybridized carbons (Fsp3) is 0.292. The van der Waals surface area contributed by atoms with Gasteiger partial charge in [0.2, 0.25) is 0 Å². The first-order valence-electron chi connectivity index (χ1n) is 10.1. The smallest absolute Gasteiger partial charge is 0.291 e. The molecule has 4 rings (SSSR count). The summed E-state index contributed by atoms with van der Waals surface area (Å²) in [7, 11) is 0. The average molecular weight is 439 g/mol. The highest BCUT2D eigenvalue weighted by Gasteiger charge is 2.37. The lowest BCUT2D eigenvalue weighted by Crippen LogP contribution is -2.26. The van der Waals surface area contributed by atoms with E-state index in [1.807, 2.05) is 32.0 Å². The first-order chi connectivity index (χ1) is 14.6. The van der Waals surface area contributed by atoms with Gasteiger partial charge in [0.15, 0.2) is 11.5 Å². The van der Waals surface area contributed by atoms with Gasteiger partial charge in [-0.05, 0) is 30.0 Å². The molecule has 2 heterocycles. The Morgan fingerprint density at radius 1 is 1.16 bits per heavy atom. The highest BCUT2D eigenvalue weighted by atomic mass is 35.5. The van der Waals surface area contributed by atoms with Crippen LogP contribution in [0.3, 0.4) is 0 Å². The number of carbonyl (C=O) groups is 2. The summed E-state index contributed by atoms with van der Waals surface area (Å²) in [6.07, 6.45) is 2.59. The number of nitrogens with one attached hydrogen (secondary N) is 1. The number of rotatable bonds is 4. The molecule has 0 saturated heterocycles. The zero-order valence-electron chi connectivity index (χ0n) is 17.6. The number of pyridine rings is 1. The van der Waals surface area contributed by atoms with Crippen molar-refractivity contribution in [3.05, 3.63) is 86.2 Å². The lowest BCUT2D eigenvalue weighted by molar-refractivity contribution is 0.0898. The van der Waals surface area contributed by atoms with Crippen molar-refractivity contribution in [2.45, 2.75) is 40.2 Å². The van der Waals surface area contributed by atoms with E-state index in [1.54, 1.807) is 19.2 Å². The first-order valence-corrected chi connectivity index (χ1v) is 10.4. The van der Waals surface area contributed by atoms with E-state index in [0.29, 0.717) is 40.4 Å². The summed E-state index contributed by atoms with van der Waals surface area (Å²) >= 11 is 6.20. The summed E-state index contributed by atoms with van der Waals surface area (Å²) in [5.74, 6) is 0.229. The standard InChI is InChI=1S/C24H23ClN2O4/c1-14-21-18(28)10-24(2,3)11-19(21)31-22(14)23(30)26-16-8-9-20(29)27(13-16)12-15-6-4-5-7-17(15)25/h4-9,13H,10-12H2,1-3H3,(H,26,30). The normalized spacial score (nSPS) is 14.9. The number of nitrogens with zero attached hydrogens (tertiary/aromatic N) is 1. The quantitative estimate of drug-likeness (QED) is 0.630. The van der Waals surface area contributed by atoms with E-state index < -0.39 is 5.91 Å². The van der Waals surface area contributed by atoms with Crippen LogP contribution < -0.4 is 10.9 Å². The molecule has 2 aromatic heterocycles. The molecular formula is C24H23ClN2O4. The molecule has 0 atom stereocenters. The molecule has 31 heavy (non-hydrogen) atoms. The van der Waals surface area contributed by atoms with Crippen molar-refractivity contribution < 1.29 is 14.0 Å². The third kappa shape index (κ3) is 4.21. The summed E-state index contributed by atoms with van der Waals surface area (Å²) < 4.78 is 7.30. The van der Waals surface area contributed by atoms with Crippen molar-refractivity contribution >= 4 is 29.0 Å². The highest BCUT2D eigenvalue weighted by Crippen LogP contribution is 2.38. The second kappa shape index (κ2) is 7.85. The van der Waals surface area contributed by atoms with Gasteiger partial charge in [-0.3, -0.25) is 14.4 Å². The molecule has 1 aromatic carbocycles. The minimum Gasteiger partial charge on any atom is -0.455 e. The highest BCUT2D eigenvalue weighted by molar-refractivity contribution is 6.31. The Morgan fingerprint density at radius 3 is 2.65 bits per heavy atom. The Kier molecular flexibility index (Phi) is 5.35. The lowest BCUT2D eigenvalue weighted by Gasteiger charge is -2.27. The number of benzene rings is 1. The van der Waals surface area contributed by atoms with Gasteiger partial charge in [0.25, 0.3) is 11.5 Å². The van der Waals surface area contributed by atoms with Crippen molar-refractivity contribution in [1.82, 2.24) is 4.57 Å². The topological polar surface area (TPSA) is 81.3 Å². The van der Waals surface area contributed by atoms with Gasteiger partial charge in [-0.2, -0.15) is 0 Å². The summed E-state index contributed by atoms with van der Waals surface area (Å²) in [5.41, 5.74) is 1.90. The van der Waals surface area contributed by atoms with E-state index >= 15 is 0 Å². The van der Waals surface area contributed by atoms with Gasteiger partial charge in [-0.1, -0.05) is 43.6 Å². The third-order valence-corrected chi connectivity index (χ3v) is 5.89. The molecule has 0 bridgehead atoms. The predicted octanol–water partition coefficient (Wildman–Crippen LogP) is 4.86. The molecule has 0 fully saturated rings. The maximum atomic E-state index is 12.9. The number of furan rings is 1. The fourth-order valence-corrected chi connectivity index (χ4v) is 4.22. The third-order valence-electron chi connectivity index (χ3n) is 5.52. The van der Waals surface area contributed by atoms with Crippen LogP contribution in [0.15, 0.2) is 51.8 Å². The number of amides is 1. The molecule has 0 spiro atoms. The molecule has 6 nitrogen and oxygen atoms in total. The number of anilines is 1. The number of hydrogen-bond donors (Lipinski definition) is 1. The van der Waals surface area contributed by atoms with Crippen molar-refractivity contribution in [3.63, 3.8) is 0 Å². The molecule has 3 aromatic rings. The Morgan fingerprint density at radius 2 is 1.90 bits per heavy atom. The average Bonchev–Trinajstić information content (AvgIpc) is 3.01. The Balaban J connectivity index is 1.60. The van der Waals surface area contributed by atoms with E-state index in [0.717, 1.165) is 5.56 Å². The van der Waals surface area contributed by atoms with Gasteiger partial charge in [-0.15, -0.1) is 0 Å². The van der Waals surface area contributed by atoms with Gasteiger partial charge < -0.3 is 14.3 Å². The summed E-state index contributed by atoms with van der Waals surface area (Å²) in [6, 6.07) is 10.2. The summed E-state index contributed by atoms with van der Waals surface area (Å²) in [5, 5.41) is 3.34. The Labute approximate surface area is 184 Å². The number of fused-ring (bicyclic) bond motifs is 1. The zero-order valence-corrected chi connectivity index (χ0v) is 18.4. The zero-order chi connectivity index (χ0) is 22.3. The Hall–Kier alpha value is -3.12. The van der Waals surface area contributed by atoms with Crippen molar-refractivity contribution in [1.29, 1.82) is 0 Å². The van der Waals surface area contributed by atoms with Gasteiger partial charge in [0.1, 0.15) is 5.76 Å². The van der Waals surface area contributed by atoms with Crippen LogP contribution in [-0.2, 0) is 13.0 Å². The molecule has 0 unspecified atom stereocenters. The molecule has 160 valence electrons. The molecule has 1 N–H and O–H groups in total. The van der Waals surface area contributed by atoms with Crippen molar-refractivity contribution in [3.8, 4) is 0 Å². The van der Waals surface area contributed by atoms with E-state index in [2.05, 4.69) is 5.32 Å². The molecule has 7 heteroatoms. The predicted molar refractivity (Wildman–Crippen MR) is 119 cm³/mol. The van der Waals surface area contributed by atoms with E-state index in [4.69, 9.17) is 16.0 Å². The van der Waals surface area contributed by atoms with Crippen molar-refractivity contribution in [2.24, 2.45) is 5.41 Å². The van der Waals surface area contributed by atoms with Crippen LogP contribution in [0, 0.1) is 12.3 Å². The number of aromatic nitrogens is 1. The maximum absolute atomic E-state index is 12.9. The van der Waals surface area contributed by atoms with Crippen LogP contribution in [-0.4, -0.2) is 16.3 Å². The van der Waals surface area contributed by atoms with E-state index in [9.17, 15) is 14.4 Å². The van der Waals surface area contributed by atoms with E-state index in [-0.39, 0.29) is 29.1 Å². The van der Waals surface area contributed by atoms with Gasteiger partial charge in [-0.25, -0.2) is 0 Å². The SMILES string of the molecule is Cc1c(C(=O)Nc2ccc(=O)n(Cc3ccccc3Cl)c2)oc2c1C(=O)CC(C)(C)C2. The molecule has 1 aliphatic carbocycles. The minimum absolute atomic E-state index is 0.000149. The number of carbonyl (C=O) groups excluding carboxylic acids is 2. The minimum atomic E-state index is -0.458. The maximum Gasteiger partial charge on any atom is 0.291 e. The molecule has 0 radical (unpaired) electrons. The van der Waals surface area contributed by atoms with Crippen molar-refractivity contribution in [2.75, 3.05) is 5.32 Å². The van der Waals surface area contributed by atoms with Crippen LogP contribution >= 0.6 is 11.6 Å². The fourth-order valence-electron chi connectivity index (χ4n) is 4.03. The second-order valence-electron chi connectivity index (χ2n) is 8.72. The van der Waals surface area contributed by atoms with Gasteiger partial charge in [0, 0.05) is 35.7 Å². The second-order valence-corrected chi connectivity index (χ2v) is 9.13. The largest absolute Gasteiger partial charge is 0.455 e. The lowest BCUT2D eigenvalue weighted by atomic mass is 9.76. The molecule has 0 aliphatic heterocycles. The molecular weight excluding hydrogens is 416 g/mol. The number of hydrogen-bond acceptors (Lipinski definition) is 4. The number of halogens is 1. The van der Waals surface area contributed by atoms with Crippen LogP contribution in [0.25, 0.3) is 0 Å². The van der Waals surface area contributed by atoms with Crippen LogP contribution in [0.5, 0.6) is 0 Å². The van der Waals surface area contributed by atoms with Crippen LogP contribution in [0.4, 0.5) is 5.69 Å². The monoisotopic (exact) mass is 438 g/mol.